The summed E-state index contributed by atoms with van der Waals surface area (Å²) in [7, 11) is 0. The largest absolute Gasteiger partial charge is 0.316 e. The van der Waals surface area contributed by atoms with Crippen molar-refractivity contribution >= 4 is 0 Å². The quantitative estimate of drug-likeness (QED) is 0.721. The zero-order chi connectivity index (χ0) is 9.80. The molecule has 2 fully saturated rings. The molecule has 1 saturated heterocycles. The van der Waals surface area contributed by atoms with E-state index in [-0.39, 0.29) is 0 Å². The number of nitrogens with one attached hydrogen (secondary N) is 1. The maximum atomic E-state index is 12.9. The van der Waals surface area contributed by atoms with Gasteiger partial charge in [-0.15, -0.1) is 0 Å². The predicted molar refractivity (Wildman–Crippen MR) is 57.1 cm³/mol. The van der Waals surface area contributed by atoms with Crippen LogP contribution in [0.3, 0.4) is 0 Å². The highest BCUT2D eigenvalue weighted by Gasteiger charge is 2.24. The van der Waals surface area contributed by atoms with Crippen LogP contribution in [0.4, 0.5) is 4.39 Å². The average Bonchev–Trinajstić information content (AvgIpc) is 2.23. The second-order valence-electron chi connectivity index (χ2n) is 5.07. The number of hydrogen-bond donors (Lipinski definition) is 1. The lowest BCUT2D eigenvalue weighted by Gasteiger charge is -2.30. The van der Waals surface area contributed by atoms with Gasteiger partial charge in [-0.25, -0.2) is 4.39 Å². The summed E-state index contributed by atoms with van der Waals surface area (Å²) < 4.78 is 12.9. The molecular weight excluding hydrogens is 177 g/mol. The maximum absolute atomic E-state index is 12.9. The number of alkyl halides is 1. The molecule has 2 rings (SSSR count). The summed E-state index contributed by atoms with van der Waals surface area (Å²) in [5, 5.41) is 3.46. The first-order chi connectivity index (χ1) is 6.84. The smallest absolute Gasteiger partial charge is 0.100 e. The maximum Gasteiger partial charge on any atom is 0.100 e. The first kappa shape index (κ1) is 10.4. The van der Waals surface area contributed by atoms with Gasteiger partial charge in [0, 0.05) is 0 Å². The van der Waals surface area contributed by atoms with Gasteiger partial charge in [-0.3, -0.25) is 0 Å². The van der Waals surface area contributed by atoms with E-state index in [1.54, 1.807) is 0 Å². The van der Waals surface area contributed by atoms with Gasteiger partial charge in [-0.1, -0.05) is 0 Å². The topological polar surface area (TPSA) is 12.0 Å². The molecule has 1 N–H and O–H groups in total. The van der Waals surface area contributed by atoms with E-state index in [0.29, 0.717) is 0 Å². The minimum absolute atomic E-state index is 0.490. The summed E-state index contributed by atoms with van der Waals surface area (Å²) >= 11 is 0. The van der Waals surface area contributed by atoms with Gasteiger partial charge in [0.1, 0.15) is 6.17 Å². The van der Waals surface area contributed by atoms with E-state index in [1.807, 2.05) is 0 Å². The number of halogens is 1. The standard InChI is InChI=1S/C12H22FN/c13-12-5-3-10(4-6-12)8-11-2-1-7-14-9-11/h10-12,14H,1-9H2. The Bertz CT molecular complexity index is 158. The molecule has 1 nitrogen and oxygen atoms in total. The van der Waals surface area contributed by atoms with Crippen molar-refractivity contribution in [3.8, 4) is 0 Å². The van der Waals surface area contributed by atoms with Crippen LogP contribution in [0.25, 0.3) is 0 Å². The van der Waals surface area contributed by atoms with Crippen molar-refractivity contribution in [2.45, 2.75) is 51.1 Å². The van der Waals surface area contributed by atoms with E-state index in [0.717, 1.165) is 37.5 Å². The third kappa shape index (κ3) is 2.94. The van der Waals surface area contributed by atoms with Crippen molar-refractivity contribution < 1.29 is 4.39 Å². The second kappa shape index (κ2) is 5.11. The van der Waals surface area contributed by atoms with E-state index >= 15 is 0 Å². The summed E-state index contributed by atoms with van der Waals surface area (Å²) in [4.78, 5) is 0. The fourth-order valence-corrected chi connectivity index (χ4v) is 2.95. The molecule has 0 spiro atoms. The van der Waals surface area contributed by atoms with Crippen molar-refractivity contribution in [2.24, 2.45) is 11.8 Å². The summed E-state index contributed by atoms with van der Waals surface area (Å²) in [6, 6.07) is 0. The first-order valence-electron chi connectivity index (χ1n) is 6.19. The Balaban J connectivity index is 1.68. The molecule has 2 heteroatoms. The van der Waals surface area contributed by atoms with Crippen molar-refractivity contribution in [3.63, 3.8) is 0 Å². The van der Waals surface area contributed by atoms with Crippen molar-refractivity contribution in [1.29, 1.82) is 0 Å². The lowest BCUT2D eigenvalue weighted by atomic mass is 9.80. The summed E-state index contributed by atoms with van der Waals surface area (Å²) in [6.45, 7) is 2.41. The third-order valence-corrected chi connectivity index (χ3v) is 3.84. The fraction of sp³-hybridized carbons (Fsp3) is 1.00. The molecular formula is C12H22FN. The highest BCUT2D eigenvalue weighted by atomic mass is 19.1. The van der Waals surface area contributed by atoms with E-state index < -0.39 is 6.17 Å². The molecule has 2 aliphatic rings. The van der Waals surface area contributed by atoms with Gasteiger partial charge in [0.05, 0.1) is 0 Å². The molecule has 1 aliphatic heterocycles. The van der Waals surface area contributed by atoms with Gasteiger partial charge in [-0.2, -0.15) is 0 Å². The monoisotopic (exact) mass is 199 g/mol. The molecule has 0 aromatic carbocycles. The van der Waals surface area contributed by atoms with Crippen LogP contribution < -0.4 is 5.32 Å². The highest BCUT2D eigenvalue weighted by Crippen LogP contribution is 2.32. The van der Waals surface area contributed by atoms with Crippen LogP contribution in [0.5, 0.6) is 0 Å². The Kier molecular flexibility index (Phi) is 3.80. The van der Waals surface area contributed by atoms with Gasteiger partial charge in [0.25, 0.3) is 0 Å². The average molecular weight is 199 g/mol. The van der Waals surface area contributed by atoms with Gasteiger partial charge < -0.3 is 5.32 Å². The molecule has 82 valence electrons. The Hall–Kier alpha value is -0.110. The molecule has 1 aliphatic carbocycles. The molecule has 0 aromatic rings. The lowest BCUT2D eigenvalue weighted by molar-refractivity contribution is 0.179. The molecule has 0 bridgehead atoms. The predicted octanol–water partition coefficient (Wildman–Crippen LogP) is 2.90. The van der Waals surface area contributed by atoms with Crippen LogP contribution in [0.15, 0.2) is 0 Å². The van der Waals surface area contributed by atoms with Crippen LogP contribution in [-0.4, -0.2) is 19.3 Å². The summed E-state index contributed by atoms with van der Waals surface area (Å²) in [5.74, 6) is 1.71. The van der Waals surface area contributed by atoms with Gasteiger partial charge in [0.2, 0.25) is 0 Å². The second-order valence-corrected chi connectivity index (χ2v) is 5.07. The molecule has 14 heavy (non-hydrogen) atoms. The Morgan fingerprint density at radius 2 is 1.79 bits per heavy atom. The van der Waals surface area contributed by atoms with Gasteiger partial charge in [-0.05, 0) is 69.9 Å². The van der Waals surface area contributed by atoms with E-state index in [2.05, 4.69) is 5.32 Å². The van der Waals surface area contributed by atoms with Gasteiger partial charge >= 0.3 is 0 Å². The fourth-order valence-electron chi connectivity index (χ4n) is 2.95. The highest BCUT2D eigenvalue weighted by molar-refractivity contribution is 4.77. The van der Waals surface area contributed by atoms with Crippen LogP contribution in [0, 0.1) is 11.8 Å². The van der Waals surface area contributed by atoms with Crippen molar-refractivity contribution in [2.75, 3.05) is 13.1 Å². The number of piperidine rings is 1. The molecule has 1 unspecified atom stereocenters. The summed E-state index contributed by atoms with van der Waals surface area (Å²) in [5.41, 5.74) is 0. The third-order valence-electron chi connectivity index (χ3n) is 3.84. The normalized spacial score (nSPS) is 39.6. The van der Waals surface area contributed by atoms with Crippen molar-refractivity contribution in [3.05, 3.63) is 0 Å². The molecule has 0 amide bonds. The molecule has 0 aromatic heterocycles. The molecule has 0 radical (unpaired) electrons. The Labute approximate surface area is 86.5 Å². The number of rotatable bonds is 2. The Morgan fingerprint density at radius 1 is 1.00 bits per heavy atom. The molecule has 1 heterocycles. The van der Waals surface area contributed by atoms with Crippen LogP contribution >= 0.6 is 0 Å². The van der Waals surface area contributed by atoms with Crippen LogP contribution in [-0.2, 0) is 0 Å². The van der Waals surface area contributed by atoms with E-state index in [9.17, 15) is 4.39 Å². The van der Waals surface area contributed by atoms with Crippen LogP contribution in [0.2, 0.25) is 0 Å². The first-order valence-corrected chi connectivity index (χ1v) is 6.19. The summed E-state index contributed by atoms with van der Waals surface area (Å²) in [6.07, 6.45) is 7.51. The minimum Gasteiger partial charge on any atom is -0.316 e. The lowest BCUT2D eigenvalue weighted by Crippen LogP contribution is -2.31. The van der Waals surface area contributed by atoms with E-state index in [1.165, 1.54) is 32.4 Å². The minimum atomic E-state index is -0.490. The Morgan fingerprint density at radius 3 is 2.43 bits per heavy atom. The van der Waals surface area contributed by atoms with Crippen LogP contribution in [0.1, 0.15) is 44.9 Å². The van der Waals surface area contributed by atoms with E-state index in [4.69, 9.17) is 0 Å². The van der Waals surface area contributed by atoms with Gasteiger partial charge in [0.15, 0.2) is 0 Å². The SMILES string of the molecule is FC1CCC(CC2CCCNC2)CC1. The zero-order valence-electron chi connectivity index (χ0n) is 8.97. The molecule has 1 saturated carbocycles. The number of hydrogen-bond acceptors (Lipinski definition) is 1. The molecule has 1 atom stereocenters. The zero-order valence-corrected chi connectivity index (χ0v) is 8.97. The van der Waals surface area contributed by atoms with Crippen molar-refractivity contribution in [1.82, 2.24) is 5.32 Å².